The zero-order valence-electron chi connectivity index (χ0n) is 13.0. The van der Waals surface area contributed by atoms with E-state index in [0.29, 0.717) is 25.9 Å². The first-order chi connectivity index (χ1) is 11.8. The maximum atomic E-state index is 13.4. The summed E-state index contributed by atoms with van der Waals surface area (Å²) < 4.78 is 28.8. The molecule has 2 heterocycles. The number of pyridine rings is 1. The number of hydrogen-bond acceptors (Lipinski definition) is 3. The summed E-state index contributed by atoms with van der Waals surface area (Å²) in [6.45, 7) is 1.90. The van der Waals surface area contributed by atoms with Gasteiger partial charge in [-0.25, -0.2) is 18.6 Å². The molecule has 2 aromatic heterocycles. The molecule has 1 unspecified atom stereocenters. The molecule has 130 valence electrons. The average Bonchev–Trinajstić information content (AvgIpc) is 2.93. The highest BCUT2D eigenvalue weighted by Crippen LogP contribution is 2.30. The standard InChI is InChI=1S/C17H13F2IN2O3/c1-8-13(15(23)17(24)25)14(20)10-4-5-22(16(10)21-8)7-9-2-3-11(18)12(19)6-9/h2-6,15,23H,7H2,1H3,(H,24,25). The molecule has 0 fully saturated rings. The highest BCUT2D eigenvalue weighted by atomic mass is 127. The Morgan fingerprint density at radius 3 is 2.68 bits per heavy atom. The maximum Gasteiger partial charge on any atom is 0.337 e. The average molecular weight is 458 g/mol. The van der Waals surface area contributed by atoms with Crippen LogP contribution in [0.4, 0.5) is 8.78 Å². The lowest BCUT2D eigenvalue weighted by Crippen LogP contribution is -2.15. The molecule has 0 amide bonds. The van der Waals surface area contributed by atoms with Gasteiger partial charge in [0.25, 0.3) is 0 Å². The number of nitrogens with zero attached hydrogens (tertiary/aromatic N) is 2. The van der Waals surface area contributed by atoms with E-state index in [-0.39, 0.29) is 12.1 Å². The van der Waals surface area contributed by atoms with Crippen molar-refractivity contribution in [3.63, 3.8) is 0 Å². The van der Waals surface area contributed by atoms with Crippen LogP contribution in [0.15, 0.2) is 30.5 Å². The molecule has 3 aromatic rings. The van der Waals surface area contributed by atoms with Crippen molar-refractivity contribution >= 4 is 39.6 Å². The first kappa shape index (κ1) is 17.7. The fourth-order valence-electron chi connectivity index (χ4n) is 2.69. The van der Waals surface area contributed by atoms with Crippen molar-refractivity contribution in [2.75, 3.05) is 0 Å². The van der Waals surface area contributed by atoms with E-state index < -0.39 is 23.7 Å². The third-order valence-electron chi connectivity index (χ3n) is 3.91. The van der Waals surface area contributed by atoms with Crippen LogP contribution in [0.2, 0.25) is 0 Å². The normalized spacial score (nSPS) is 12.5. The van der Waals surface area contributed by atoms with Gasteiger partial charge < -0.3 is 14.8 Å². The Morgan fingerprint density at radius 2 is 2.04 bits per heavy atom. The number of aliphatic hydroxyl groups is 1. The van der Waals surface area contributed by atoms with Crippen LogP contribution in [0.3, 0.4) is 0 Å². The lowest BCUT2D eigenvalue weighted by molar-refractivity contribution is -0.147. The third-order valence-corrected chi connectivity index (χ3v) is 5.08. The van der Waals surface area contributed by atoms with Crippen LogP contribution in [-0.4, -0.2) is 25.7 Å². The second-order valence-electron chi connectivity index (χ2n) is 5.60. The largest absolute Gasteiger partial charge is 0.479 e. The lowest BCUT2D eigenvalue weighted by atomic mass is 10.1. The molecule has 3 rings (SSSR count). The van der Waals surface area contributed by atoms with Crippen LogP contribution in [0.1, 0.15) is 22.9 Å². The third kappa shape index (κ3) is 3.23. The van der Waals surface area contributed by atoms with Gasteiger partial charge in [-0.15, -0.1) is 0 Å². The molecule has 1 aromatic carbocycles. The number of hydrogen-bond donors (Lipinski definition) is 2. The van der Waals surface area contributed by atoms with E-state index in [0.717, 1.165) is 12.1 Å². The zero-order valence-corrected chi connectivity index (χ0v) is 15.2. The van der Waals surface area contributed by atoms with Gasteiger partial charge in [0, 0.05) is 33.0 Å². The molecule has 0 bridgehead atoms. The van der Waals surface area contributed by atoms with Gasteiger partial charge >= 0.3 is 5.97 Å². The summed E-state index contributed by atoms with van der Waals surface area (Å²) in [5.74, 6) is -3.17. The number of benzene rings is 1. The van der Waals surface area contributed by atoms with Crippen molar-refractivity contribution in [3.8, 4) is 0 Å². The van der Waals surface area contributed by atoms with E-state index in [4.69, 9.17) is 5.11 Å². The van der Waals surface area contributed by atoms with Crippen LogP contribution in [0.5, 0.6) is 0 Å². The van der Waals surface area contributed by atoms with Gasteiger partial charge in [0.05, 0.1) is 0 Å². The molecule has 0 saturated carbocycles. The fraction of sp³-hybridized carbons (Fsp3) is 0.176. The first-order valence-electron chi connectivity index (χ1n) is 7.29. The van der Waals surface area contributed by atoms with Crippen LogP contribution in [0, 0.1) is 22.1 Å². The summed E-state index contributed by atoms with van der Waals surface area (Å²) in [6, 6.07) is 5.44. The summed E-state index contributed by atoms with van der Waals surface area (Å²) in [6.07, 6.45) is 0.0793. The number of carboxylic acids is 1. The van der Waals surface area contributed by atoms with E-state index in [1.165, 1.54) is 6.07 Å². The monoisotopic (exact) mass is 458 g/mol. The van der Waals surface area contributed by atoms with Crippen LogP contribution >= 0.6 is 22.6 Å². The second-order valence-corrected chi connectivity index (χ2v) is 6.67. The van der Waals surface area contributed by atoms with Crippen molar-refractivity contribution in [1.82, 2.24) is 9.55 Å². The minimum absolute atomic E-state index is 0.256. The maximum absolute atomic E-state index is 13.4. The summed E-state index contributed by atoms with van der Waals surface area (Å²) in [4.78, 5) is 15.5. The lowest BCUT2D eigenvalue weighted by Gasteiger charge is -2.13. The van der Waals surface area contributed by atoms with Gasteiger partial charge in [0.2, 0.25) is 0 Å². The Balaban J connectivity index is 2.07. The molecule has 2 N–H and O–H groups in total. The Morgan fingerprint density at radius 1 is 1.32 bits per heavy atom. The molecule has 0 spiro atoms. The number of aliphatic hydroxyl groups excluding tert-OH is 1. The zero-order chi connectivity index (χ0) is 18.3. The summed E-state index contributed by atoms with van der Waals surface area (Å²) in [7, 11) is 0. The van der Waals surface area contributed by atoms with Gasteiger partial charge in [-0.2, -0.15) is 0 Å². The highest BCUT2D eigenvalue weighted by Gasteiger charge is 2.24. The molecule has 1 atom stereocenters. The second kappa shape index (κ2) is 6.68. The highest BCUT2D eigenvalue weighted by molar-refractivity contribution is 14.1. The molecular weight excluding hydrogens is 445 g/mol. The van der Waals surface area contributed by atoms with Gasteiger partial charge in [0.15, 0.2) is 17.7 Å². The molecule has 25 heavy (non-hydrogen) atoms. The van der Waals surface area contributed by atoms with Gasteiger partial charge in [0.1, 0.15) is 5.65 Å². The predicted molar refractivity (Wildman–Crippen MR) is 95.2 cm³/mol. The van der Waals surface area contributed by atoms with Gasteiger partial charge in [-0.3, -0.25) is 0 Å². The smallest absolute Gasteiger partial charge is 0.337 e. The minimum Gasteiger partial charge on any atom is -0.479 e. The molecule has 8 heteroatoms. The predicted octanol–water partition coefficient (Wildman–Crippen LogP) is 3.39. The number of aromatic nitrogens is 2. The van der Waals surface area contributed by atoms with Crippen molar-refractivity contribution in [3.05, 3.63) is 62.5 Å². The molecule has 5 nitrogen and oxygen atoms in total. The quantitative estimate of drug-likeness (QED) is 0.588. The van der Waals surface area contributed by atoms with Gasteiger partial charge in [-0.05, 0) is 53.3 Å². The van der Waals surface area contributed by atoms with E-state index in [1.54, 1.807) is 23.8 Å². The Bertz CT molecular complexity index is 988. The number of rotatable bonds is 4. The Labute approximate surface area is 155 Å². The minimum atomic E-state index is -1.65. The number of halogens is 3. The van der Waals surface area contributed by atoms with Crippen molar-refractivity contribution in [2.24, 2.45) is 0 Å². The number of fused-ring (bicyclic) bond motifs is 1. The molecule has 0 aliphatic rings. The summed E-state index contributed by atoms with van der Waals surface area (Å²) in [5, 5.41) is 19.6. The topological polar surface area (TPSA) is 75.3 Å². The number of carbonyl (C=O) groups is 1. The Hall–Kier alpha value is -2.07. The fourth-order valence-corrected chi connectivity index (χ4v) is 3.79. The van der Waals surface area contributed by atoms with E-state index in [9.17, 15) is 18.7 Å². The van der Waals surface area contributed by atoms with Gasteiger partial charge in [-0.1, -0.05) is 6.07 Å². The first-order valence-corrected chi connectivity index (χ1v) is 8.37. The number of aryl methyl sites for hydroxylation is 1. The molecule has 0 aliphatic heterocycles. The molecular formula is C17H13F2IN2O3. The molecule has 0 aliphatic carbocycles. The SMILES string of the molecule is Cc1nc2c(ccn2Cc2ccc(F)c(F)c2)c(I)c1C(O)C(=O)O. The Kier molecular flexibility index (Phi) is 4.74. The van der Waals surface area contributed by atoms with Crippen LogP contribution < -0.4 is 0 Å². The van der Waals surface area contributed by atoms with Crippen molar-refractivity contribution < 1.29 is 23.8 Å². The van der Waals surface area contributed by atoms with Crippen molar-refractivity contribution in [2.45, 2.75) is 19.6 Å². The number of aliphatic carboxylic acids is 1. The van der Waals surface area contributed by atoms with Crippen LogP contribution in [-0.2, 0) is 11.3 Å². The number of carboxylic acid groups (broad SMARTS) is 1. The molecule has 0 saturated heterocycles. The van der Waals surface area contributed by atoms with E-state index in [1.807, 2.05) is 22.6 Å². The van der Waals surface area contributed by atoms with Crippen molar-refractivity contribution in [1.29, 1.82) is 0 Å². The van der Waals surface area contributed by atoms with E-state index in [2.05, 4.69) is 4.98 Å². The molecule has 0 radical (unpaired) electrons. The van der Waals surface area contributed by atoms with E-state index >= 15 is 0 Å². The van der Waals surface area contributed by atoms with Crippen LogP contribution in [0.25, 0.3) is 11.0 Å². The summed E-state index contributed by atoms with van der Waals surface area (Å²) in [5.41, 5.74) is 1.80. The summed E-state index contributed by atoms with van der Waals surface area (Å²) >= 11 is 1.98.